The third-order valence-corrected chi connectivity index (χ3v) is 2.10. The molecular formula is C9H11N3O3. The summed E-state index contributed by atoms with van der Waals surface area (Å²) in [5.41, 5.74) is -0.0596. The van der Waals surface area contributed by atoms with E-state index >= 15 is 0 Å². The first kappa shape index (κ1) is 9.70. The molecule has 15 heavy (non-hydrogen) atoms. The molecule has 1 aromatic rings. The van der Waals surface area contributed by atoms with Gasteiger partial charge in [-0.2, -0.15) is 0 Å². The van der Waals surface area contributed by atoms with Gasteiger partial charge >= 0.3 is 5.69 Å². The number of nitro groups is 1. The second-order valence-electron chi connectivity index (χ2n) is 3.36. The molecule has 1 aliphatic carbocycles. The van der Waals surface area contributed by atoms with Gasteiger partial charge in [0.1, 0.15) is 5.75 Å². The zero-order valence-corrected chi connectivity index (χ0v) is 8.27. The van der Waals surface area contributed by atoms with Gasteiger partial charge < -0.3 is 10.1 Å². The second-order valence-corrected chi connectivity index (χ2v) is 3.36. The summed E-state index contributed by atoms with van der Waals surface area (Å²) in [5.74, 6) is 0.714. The Balaban J connectivity index is 2.26. The lowest BCUT2D eigenvalue weighted by Crippen LogP contribution is -2.02. The van der Waals surface area contributed by atoms with E-state index in [9.17, 15) is 10.1 Å². The summed E-state index contributed by atoms with van der Waals surface area (Å²) < 4.78 is 5.42. The monoisotopic (exact) mass is 209 g/mol. The first-order valence-corrected chi connectivity index (χ1v) is 4.69. The summed E-state index contributed by atoms with van der Waals surface area (Å²) in [6, 6.07) is 1.40. The molecule has 0 radical (unpaired) electrons. The van der Waals surface area contributed by atoms with Gasteiger partial charge in [-0.25, -0.2) is 4.98 Å². The third-order valence-electron chi connectivity index (χ3n) is 2.10. The standard InChI is InChI=1S/C9H11N3O3/c1-10-9-8(12(13)14)4-7(5-11-9)15-6-2-3-6/h4-6H,2-3H2,1H3,(H,10,11). The van der Waals surface area contributed by atoms with Crippen LogP contribution in [0, 0.1) is 10.1 Å². The Hall–Kier alpha value is -1.85. The normalized spacial score (nSPS) is 14.7. The molecule has 1 heterocycles. The smallest absolute Gasteiger partial charge is 0.315 e. The molecule has 2 rings (SSSR count). The van der Waals surface area contributed by atoms with Gasteiger partial charge in [-0.15, -0.1) is 0 Å². The van der Waals surface area contributed by atoms with Crippen molar-refractivity contribution >= 4 is 11.5 Å². The van der Waals surface area contributed by atoms with E-state index in [1.807, 2.05) is 0 Å². The topological polar surface area (TPSA) is 77.3 Å². The lowest BCUT2D eigenvalue weighted by molar-refractivity contribution is -0.384. The van der Waals surface area contributed by atoms with Crippen molar-refractivity contribution in [1.29, 1.82) is 0 Å². The number of nitrogens with one attached hydrogen (secondary N) is 1. The van der Waals surface area contributed by atoms with Crippen molar-refractivity contribution in [3.05, 3.63) is 22.4 Å². The molecule has 0 spiro atoms. The molecule has 1 aromatic heterocycles. The number of hydrogen-bond acceptors (Lipinski definition) is 5. The molecule has 0 bridgehead atoms. The molecule has 0 aromatic carbocycles. The number of anilines is 1. The maximum absolute atomic E-state index is 10.7. The van der Waals surface area contributed by atoms with Crippen LogP contribution in [0.15, 0.2) is 12.3 Å². The first-order chi connectivity index (χ1) is 7.20. The highest BCUT2D eigenvalue weighted by Gasteiger charge is 2.25. The van der Waals surface area contributed by atoms with Crippen molar-refractivity contribution < 1.29 is 9.66 Å². The van der Waals surface area contributed by atoms with Gasteiger partial charge in [-0.05, 0) is 12.8 Å². The number of rotatable bonds is 4. The van der Waals surface area contributed by atoms with Crippen LogP contribution in [0.4, 0.5) is 11.5 Å². The fourth-order valence-electron chi connectivity index (χ4n) is 1.21. The quantitative estimate of drug-likeness (QED) is 0.601. The van der Waals surface area contributed by atoms with Gasteiger partial charge in [0.05, 0.1) is 23.3 Å². The van der Waals surface area contributed by atoms with E-state index < -0.39 is 4.92 Å². The van der Waals surface area contributed by atoms with Gasteiger partial charge in [0.2, 0.25) is 5.82 Å². The zero-order valence-electron chi connectivity index (χ0n) is 8.27. The Bertz CT molecular complexity index is 390. The van der Waals surface area contributed by atoms with Crippen LogP contribution in [0.2, 0.25) is 0 Å². The molecule has 0 atom stereocenters. The number of aromatic nitrogens is 1. The highest BCUT2D eigenvalue weighted by molar-refractivity contribution is 5.57. The fraction of sp³-hybridized carbons (Fsp3) is 0.444. The van der Waals surface area contributed by atoms with Crippen molar-refractivity contribution in [2.24, 2.45) is 0 Å². The van der Waals surface area contributed by atoms with E-state index in [-0.39, 0.29) is 17.6 Å². The van der Waals surface area contributed by atoms with E-state index in [0.717, 1.165) is 12.8 Å². The molecule has 6 heteroatoms. The van der Waals surface area contributed by atoms with Crippen LogP contribution in [0.25, 0.3) is 0 Å². The van der Waals surface area contributed by atoms with Crippen LogP contribution in [0.3, 0.4) is 0 Å². The Morgan fingerprint density at radius 1 is 1.67 bits per heavy atom. The van der Waals surface area contributed by atoms with Gasteiger partial charge in [0, 0.05) is 7.05 Å². The SMILES string of the molecule is CNc1ncc(OC2CC2)cc1[N+](=O)[O-]. The Labute approximate surface area is 86.4 Å². The Morgan fingerprint density at radius 2 is 2.40 bits per heavy atom. The molecule has 1 aliphatic rings. The average Bonchev–Trinajstić information content (AvgIpc) is 3.01. The van der Waals surface area contributed by atoms with Crippen molar-refractivity contribution in [3.8, 4) is 5.75 Å². The molecule has 0 aliphatic heterocycles. The summed E-state index contributed by atoms with van der Waals surface area (Å²) in [6.45, 7) is 0. The second kappa shape index (κ2) is 3.72. The van der Waals surface area contributed by atoms with Crippen LogP contribution in [0.1, 0.15) is 12.8 Å². The molecule has 0 saturated heterocycles. The van der Waals surface area contributed by atoms with Gasteiger partial charge in [-0.3, -0.25) is 10.1 Å². The van der Waals surface area contributed by atoms with Crippen LogP contribution in [-0.2, 0) is 0 Å². The number of nitrogens with zero attached hydrogens (tertiary/aromatic N) is 2. The third kappa shape index (κ3) is 2.15. The predicted molar refractivity (Wildman–Crippen MR) is 54.1 cm³/mol. The van der Waals surface area contributed by atoms with Gasteiger partial charge in [0.25, 0.3) is 0 Å². The Morgan fingerprint density at radius 3 is 2.93 bits per heavy atom. The number of pyridine rings is 1. The summed E-state index contributed by atoms with van der Waals surface area (Å²) >= 11 is 0. The van der Waals surface area contributed by atoms with Crippen molar-refractivity contribution in [2.75, 3.05) is 12.4 Å². The molecule has 0 unspecified atom stereocenters. The predicted octanol–water partition coefficient (Wildman–Crippen LogP) is 1.57. The van der Waals surface area contributed by atoms with Crippen LogP contribution >= 0.6 is 0 Å². The van der Waals surface area contributed by atoms with E-state index in [4.69, 9.17) is 4.74 Å². The molecule has 6 nitrogen and oxygen atoms in total. The van der Waals surface area contributed by atoms with Crippen LogP contribution in [-0.4, -0.2) is 23.1 Å². The number of ether oxygens (including phenoxy) is 1. The van der Waals surface area contributed by atoms with Crippen LogP contribution in [0.5, 0.6) is 5.75 Å². The molecule has 1 N–H and O–H groups in total. The van der Waals surface area contributed by atoms with E-state index in [1.165, 1.54) is 12.3 Å². The molecule has 80 valence electrons. The molecule has 1 fully saturated rings. The first-order valence-electron chi connectivity index (χ1n) is 4.69. The van der Waals surface area contributed by atoms with Crippen molar-refractivity contribution in [3.63, 3.8) is 0 Å². The summed E-state index contributed by atoms with van der Waals surface area (Å²) in [5, 5.41) is 13.4. The van der Waals surface area contributed by atoms with Crippen LogP contribution < -0.4 is 10.1 Å². The van der Waals surface area contributed by atoms with Crippen molar-refractivity contribution in [2.45, 2.75) is 18.9 Å². The Kier molecular flexibility index (Phi) is 2.40. The zero-order chi connectivity index (χ0) is 10.8. The minimum atomic E-state index is -0.474. The highest BCUT2D eigenvalue weighted by atomic mass is 16.6. The highest BCUT2D eigenvalue weighted by Crippen LogP contribution is 2.30. The lowest BCUT2D eigenvalue weighted by Gasteiger charge is -2.05. The number of hydrogen-bond donors (Lipinski definition) is 1. The molecule has 0 amide bonds. The molecule has 1 saturated carbocycles. The van der Waals surface area contributed by atoms with Crippen molar-refractivity contribution in [1.82, 2.24) is 4.98 Å². The summed E-state index contributed by atoms with van der Waals surface area (Å²) in [6.07, 6.45) is 3.74. The minimum Gasteiger partial charge on any atom is -0.489 e. The van der Waals surface area contributed by atoms with Gasteiger partial charge in [-0.1, -0.05) is 0 Å². The van der Waals surface area contributed by atoms with E-state index in [1.54, 1.807) is 7.05 Å². The molecular weight excluding hydrogens is 198 g/mol. The van der Waals surface area contributed by atoms with E-state index in [0.29, 0.717) is 5.75 Å². The lowest BCUT2D eigenvalue weighted by atomic mass is 10.3. The minimum absolute atomic E-state index is 0.0596. The summed E-state index contributed by atoms with van der Waals surface area (Å²) in [7, 11) is 1.59. The summed E-state index contributed by atoms with van der Waals surface area (Å²) in [4.78, 5) is 14.2. The van der Waals surface area contributed by atoms with Gasteiger partial charge in [0.15, 0.2) is 0 Å². The maximum Gasteiger partial charge on any atom is 0.315 e. The average molecular weight is 209 g/mol. The largest absolute Gasteiger partial charge is 0.489 e. The van der Waals surface area contributed by atoms with E-state index in [2.05, 4.69) is 10.3 Å². The maximum atomic E-state index is 10.7. The fourth-order valence-corrected chi connectivity index (χ4v) is 1.21.